The summed E-state index contributed by atoms with van der Waals surface area (Å²) in [5.41, 5.74) is 1.25. The summed E-state index contributed by atoms with van der Waals surface area (Å²) in [6, 6.07) is 7.94. The second kappa shape index (κ2) is 7.46. The van der Waals surface area contributed by atoms with Gasteiger partial charge in [-0.1, -0.05) is 12.1 Å². The van der Waals surface area contributed by atoms with Crippen LogP contribution in [0.3, 0.4) is 0 Å². The van der Waals surface area contributed by atoms with Crippen molar-refractivity contribution in [3.05, 3.63) is 29.8 Å². The zero-order valence-electron chi connectivity index (χ0n) is 12.7. The van der Waals surface area contributed by atoms with Crippen molar-refractivity contribution in [1.29, 1.82) is 0 Å². The van der Waals surface area contributed by atoms with E-state index >= 15 is 0 Å². The fourth-order valence-corrected chi connectivity index (χ4v) is 3.05. The summed E-state index contributed by atoms with van der Waals surface area (Å²) in [6.45, 7) is 4.37. The van der Waals surface area contributed by atoms with Gasteiger partial charge in [-0.05, 0) is 62.8 Å². The first kappa shape index (κ1) is 15.8. The van der Waals surface area contributed by atoms with Gasteiger partial charge in [0.15, 0.2) is 0 Å². The van der Waals surface area contributed by atoms with E-state index in [-0.39, 0.29) is 0 Å². The molecular weight excluding hydrogens is 266 g/mol. The Bertz CT molecular complexity index is 458. The SMILES string of the molecule is CC(CCc1ccc(O)cc1)N1CCC(CCC(=O)O)C1. The maximum Gasteiger partial charge on any atom is 0.303 e. The van der Waals surface area contributed by atoms with Crippen molar-refractivity contribution in [3.63, 3.8) is 0 Å². The van der Waals surface area contributed by atoms with Gasteiger partial charge in [0.05, 0.1) is 0 Å². The average molecular weight is 291 g/mol. The largest absolute Gasteiger partial charge is 0.508 e. The van der Waals surface area contributed by atoms with Crippen LogP contribution in [0.15, 0.2) is 24.3 Å². The molecule has 2 N–H and O–H groups in total. The number of phenolic OH excluding ortho intramolecular Hbond substituents is 1. The molecule has 1 aromatic carbocycles. The van der Waals surface area contributed by atoms with Crippen molar-refractivity contribution < 1.29 is 15.0 Å². The van der Waals surface area contributed by atoms with E-state index in [2.05, 4.69) is 11.8 Å². The first-order valence-electron chi connectivity index (χ1n) is 7.78. The zero-order valence-corrected chi connectivity index (χ0v) is 12.7. The Balaban J connectivity index is 1.72. The van der Waals surface area contributed by atoms with Gasteiger partial charge in [0, 0.05) is 19.0 Å². The molecule has 0 amide bonds. The fourth-order valence-electron chi connectivity index (χ4n) is 3.05. The van der Waals surface area contributed by atoms with E-state index in [1.165, 1.54) is 5.56 Å². The number of nitrogens with zero attached hydrogens (tertiary/aromatic N) is 1. The number of aryl methyl sites for hydroxylation is 1. The molecule has 1 fully saturated rings. The van der Waals surface area contributed by atoms with Crippen LogP contribution in [0.4, 0.5) is 0 Å². The van der Waals surface area contributed by atoms with Gasteiger partial charge in [0.25, 0.3) is 0 Å². The highest BCUT2D eigenvalue weighted by Gasteiger charge is 2.25. The lowest BCUT2D eigenvalue weighted by atomic mass is 10.0. The van der Waals surface area contributed by atoms with E-state index in [9.17, 15) is 9.90 Å². The van der Waals surface area contributed by atoms with Crippen LogP contribution in [-0.4, -0.2) is 40.2 Å². The van der Waals surface area contributed by atoms with Gasteiger partial charge >= 0.3 is 5.97 Å². The molecule has 0 spiro atoms. The first-order valence-corrected chi connectivity index (χ1v) is 7.78. The van der Waals surface area contributed by atoms with Gasteiger partial charge < -0.3 is 15.1 Å². The summed E-state index contributed by atoms with van der Waals surface area (Å²) in [4.78, 5) is 13.1. The fraction of sp³-hybridized carbons (Fsp3) is 0.588. The third-order valence-corrected chi connectivity index (χ3v) is 4.49. The average Bonchev–Trinajstić information content (AvgIpc) is 2.93. The highest BCUT2D eigenvalue weighted by molar-refractivity contribution is 5.66. The van der Waals surface area contributed by atoms with Crippen LogP contribution in [0.2, 0.25) is 0 Å². The molecule has 1 aliphatic heterocycles. The van der Waals surface area contributed by atoms with Crippen LogP contribution in [0.5, 0.6) is 5.75 Å². The molecule has 2 atom stereocenters. The van der Waals surface area contributed by atoms with Crippen LogP contribution in [0, 0.1) is 5.92 Å². The maximum atomic E-state index is 10.6. The lowest BCUT2D eigenvalue weighted by molar-refractivity contribution is -0.137. The molecule has 2 unspecified atom stereocenters. The maximum absolute atomic E-state index is 10.6. The third kappa shape index (κ3) is 5.05. The molecule has 4 heteroatoms. The van der Waals surface area contributed by atoms with Crippen molar-refractivity contribution in [1.82, 2.24) is 4.90 Å². The van der Waals surface area contributed by atoms with Crippen LogP contribution in [-0.2, 0) is 11.2 Å². The first-order chi connectivity index (χ1) is 10.0. The van der Waals surface area contributed by atoms with E-state index in [4.69, 9.17) is 5.11 Å². The second-order valence-electron chi connectivity index (χ2n) is 6.14. The van der Waals surface area contributed by atoms with E-state index in [0.29, 0.717) is 24.1 Å². The molecule has 0 saturated carbocycles. The molecule has 1 aromatic rings. The second-order valence-corrected chi connectivity index (χ2v) is 6.14. The Morgan fingerprint density at radius 1 is 1.38 bits per heavy atom. The minimum atomic E-state index is -0.686. The van der Waals surface area contributed by atoms with E-state index < -0.39 is 5.97 Å². The molecule has 116 valence electrons. The predicted octanol–water partition coefficient (Wildman–Crippen LogP) is 2.90. The molecule has 0 radical (unpaired) electrons. The topological polar surface area (TPSA) is 60.8 Å². The predicted molar refractivity (Wildman–Crippen MR) is 82.4 cm³/mol. The van der Waals surface area contributed by atoms with Crippen molar-refractivity contribution in [2.75, 3.05) is 13.1 Å². The molecule has 1 aliphatic rings. The van der Waals surface area contributed by atoms with Gasteiger partial charge in [0.1, 0.15) is 5.75 Å². The molecular formula is C17H25NO3. The highest BCUT2D eigenvalue weighted by Crippen LogP contribution is 2.24. The molecule has 21 heavy (non-hydrogen) atoms. The van der Waals surface area contributed by atoms with Gasteiger partial charge in [-0.3, -0.25) is 4.79 Å². The number of hydrogen-bond donors (Lipinski definition) is 2. The lowest BCUT2D eigenvalue weighted by Crippen LogP contribution is -2.31. The van der Waals surface area contributed by atoms with E-state index in [1.54, 1.807) is 12.1 Å². The number of phenols is 1. The molecule has 0 aliphatic carbocycles. The summed E-state index contributed by atoms with van der Waals surface area (Å²) in [5, 5.41) is 18.0. The van der Waals surface area contributed by atoms with Crippen molar-refractivity contribution in [2.24, 2.45) is 5.92 Å². The minimum Gasteiger partial charge on any atom is -0.508 e. The summed E-state index contributed by atoms with van der Waals surface area (Å²) >= 11 is 0. The molecule has 2 rings (SSSR count). The van der Waals surface area contributed by atoms with Crippen LogP contribution in [0.25, 0.3) is 0 Å². The van der Waals surface area contributed by atoms with E-state index in [0.717, 1.165) is 38.8 Å². The van der Waals surface area contributed by atoms with Crippen LogP contribution < -0.4 is 0 Å². The number of hydrogen-bond acceptors (Lipinski definition) is 3. The molecule has 0 aromatic heterocycles. The number of likely N-dealkylation sites (tertiary alicyclic amines) is 1. The number of aliphatic carboxylic acids is 1. The molecule has 1 saturated heterocycles. The summed E-state index contributed by atoms with van der Waals surface area (Å²) < 4.78 is 0. The van der Waals surface area contributed by atoms with Gasteiger partial charge in [-0.15, -0.1) is 0 Å². The summed E-state index contributed by atoms with van der Waals surface area (Å²) in [5.74, 6) is 0.165. The van der Waals surface area contributed by atoms with E-state index in [1.807, 2.05) is 12.1 Å². The Hall–Kier alpha value is -1.55. The minimum absolute atomic E-state index is 0.292. The normalized spacial score (nSPS) is 20.5. The van der Waals surface area contributed by atoms with Crippen molar-refractivity contribution in [3.8, 4) is 5.75 Å². The Labute approximate surface area is 126 Å². The standard InChI is InChI=1S/C17H25NO3/c1-13(2-3-14-4-7-16(19)8-5-14)18-11-10-15(12-18)6-9-17(20)21/h4-5,7-8,13,15,19H,2-3,6,9-12H2,1H3,(H,20,21). The Morgan fingerprint density at radius 3 is 2.76 bits per heavy atom. The highest BCUT2D eigenvalue weighted by atomic mass is 16.4. The quantitative estimate of drug-likeness (QED) is 0.811. The number of carbonyl (C=O) groups is 1. The van der Waals surface area contributed by atoms with Crippen LogP contribution >= 0.6 is 0 Å². The molecule has 1 heterocycles. The van der Waals surface area contributed by atoms with Gasteiger partial charge in [-0.2, -0.15) is 0 Å². The molecule has 4 nitrogen and oxygen atoms in total. The van der Waals surface area contributed by atoms with Crippen molar-refractivity contribution in [2.45, 2.75) is 45.1 Å². The number of benzene rings is 1. The number of carboxylic acid groups (broad SMARTS) is 1. The number of carboxylic acids is 1. The third-order valence-electron chi connectivity index (χ3n) is 4.49. The summed E-state index contributed by atoms with van der Waals surface area (Å²) in [7, 11) is 0. The molecule has 0 bridgehead atoms. The number of rotatable bonds is 7. The Morgan fingerprint density at radius 2 is 2.10 bits per heavy atom. The monoisotopic (exact) mass is 291 g/mol. The van der Waals surface area contributed by atoms with Gasteiger partial charge in [0.2, 0.25) is 0 Å². The van der Waals surface area contributed by atoms with Gasteiger partial charge in [-0.25, -0.2) is 0 Å². The lowest BCUT2D eigenvalue weighted by Gasteiger charge is -2.24. The van der Waals surface area contributed by atoms with Crippen molar-refractivity contribution >= 4 is 5.97 Å². The Kier molecular flexibility index (Phi) is 5.62. The smallest absolute Gasteiger partial charge is 0.303 e. The number of aromatic hydroxyl groups is 1. The van der Waals surface area contributed by atoms with Crippen LogP contribution in [0.1, 0.15) is 38.2 Å². The zero-order chi connectivity index (χ0) is 15.2. The summed E-state index contributed by atoms with van der Waals surface area (Å²) in [6.07, 6.45) is 4.32.